The van der Waals surface area contributed by atoms with Crippen LogP contribution in [0, 0.1) is 0 Å². The van der Waals surface area contributed by atoms with Crippen LogP contribution in [0.4, 0.5) is 0 Å². The van der Waals surface area contributed by atoms with Gasteiger partial charge in [0.2, 0.25) is 0 Å². The fourth-order valence-electron chi connectivity index (χ4n) is 1.49. The van der Waals surface area contributed by atoms with Crippen LogP contribution in [0.25, 0.3) is 0 Å². The second kappa shape index (κ2) is 4.47. The van der Waals surface area contributed by atoms with Crippen LogP contribution in [0.1, 0.15) is 23.3 Å². The van der Waals surface area contributed by atoms with E-state index < -0.39 is 0 Å². The van der Waals surface area contributed by atoms with Gasteiger partial charge in [-0.3, -0.25) is 4.79 Å². The number of aromatic nitrogens is 2. The fourth-order valence-corrected chi connectivity index (χ4v) is 1.90. The smallest absolute Gasteiger partial charge is 0.272 e. The lowest BCUT2D eigenvalue weighted by Crippen LogP contribution is -2.42. The van der Waals surface area contributed by atoms with Crippen LogP contribution >= 0.6 is 11.7 Å². The highest BCUT2D eigenvalue weighted by atomic mass is 32.1. The van der Waals surface area contributed by atoms with Crippen LogP contribution in [0.2, 0.25) is 0 Å². The molecule has 0 bridgehead atoms. The van der Waals surface area contributed by atoms with E-state index in [4.69, 9.17) is 0 Å². The Morgan fingerprint density at radius 2 is 2.36 bits per heavy atom. The van der Waals surface area contributed by atoms with E-state index in [0.29, 0.717) is 5.69 Å². The molecule has 1 fully saturated rings. The topological polar surface area (TPSA) is 66.9 Å². The third kappa shape index (κ3) is 2.27. The van der Waals surface area contributed by atoms with Gasteiger partial charge in [-0.2, -0.15) is 8.75 Å². The first kappa shape index (κ1) is 9.54. The van der Waals surface area contributed by atoms with Crippen LogP contribution in [0.5, 0.6) is 0 Å². The second-order valence-corrected chi connectivity index (χ2v) is 3.85. The van der Waals surface area contributed by atoms with Gasteiger partial charge in [0.1, 0.15) is 0 Å². The van der Waals surface area contributed by atoms with Gasteiger partial charge >= 0.3 is 0 Å². The molecule has 1 saturated heterocycles. The zero-order valence-electron chi connectivity index (χ0n) is 7.69. The molecule has 0 radical (unpaired) electrons. The number of nitrogens with one attached hydrogen (secondary N) is 2. The van der Waals surface area contributed by atoms with Crippen molar-refractivity contribution in [2.75, 3.05) is 13.1 Å². The molecule has 1 aromatic rings. The summed E-state index contributed by atoms with van der Waals surface area (Å²) >= 11 is 1.06. The third-order valence-electron chi connectivity index (χ3n) is 2.27. The Morgan fingerprint density at radius 3 is 3.00 bits per heavy atom. The van der Waals surface area contributed by atoms with E-state index in [2.05, 4.69) is 19.4 Å². The van der Waals surface area contributed by atoms with Gasteiger partial charge in [0.05, 0.1) is 17.9 Å². The van der Waals surface area contributed by atoms with Crippen LogP contribution in [-0.4, -0.2) is 33.8 Å². The minimum absolute atomic E-state index is 0.106. The quantitative estimate of drug-likeness (QED) is 0.725. The van der Waals surface area contributed by atoms with Gasteiger partial charge in [0.25, 0.3) is 5.91 Å². The molecule has 1 amide bonds. The predicted octanol–water partition coefficient (Wildman–Crippen LogP) is 0.0199. The highest BCUT2D eigenvalue weighted by molar-refractivity contribution is 6.99. The number of hydrogen-bond acceptors (Lipinski definition) is 5. The summed E-state index contributed by atoms with van der Waals surface area (Å²) in [6, 6.07) is 0.283. The minimum atomic E-state index is -0.106. The summed E-state index contributed by atoms with van der Waals surface area (Å²) in [5, 5.41) is 6.19. The van der Waals surface area contributed by atoms with Gasteiger partial charge in [-0.25, -0.2) is 0 Å². The van der Waals surface area contributed by atoms with Crippen molar-refractivity contribution in [3.05, 3.63) is 11.9 Å². The van der Waals surface area contributed by atoms with Crippen molar-refractivity contribution in [1.29, 1.82) is 0 Å². The van der Waals surface area contributed by atoms with Crippen molar-refractivity contribution in [1.82, 2.24) is 19.4 Å². The second-order valence-electron chi connectivity index (χ2n) is 3.29. The lowest BCUT2D eigenvalue weighted by molar-refractivity contribution is 0.0925. The molecular formula is C8H12N4OS. The summed E-state index contributed by atoms with van der Waals surface area (Å²) < 4.78 is 7.68. The van der Waals surface area contributed by atoms with Crippen molar-refractivity contribution < 1.29 is 4.79 Å². The number of nitrogens with zero attached hydrogens (tertiary/aromatic N) is 2. The van der Waals surface area contributed by atoms with Gasteiger partial charge < -0.3 is 10.6 Å². The van der Waals surface area contributed by atoms with E-state index in [0.717, 1.165) is 37.7 Å². The van der Waals surface area contributed by atoms with E-state index in [-0.39, 0.29) is 11.9 Å². The Morgan fingerprint density at radius 1 is 1.57 bits per heavy atom. The maximum atomic E-state index is 11.5. The molecule has 6 heteroatoms. The fraction of sp³-hybridized carbons (Fsp3) is 0.625. The molecule has 0 spiro atoms. The van der Waals surface area contributed by atoms with Crippen molar-refractivity contribution in [3.8, 4) is 0 Å². The Bertz CT molecular complexity index is 294. The third-order valence-corrected chi connectivity index (χ3v) is 2.75. The van der Waals surface area contributed by atoms with E-state index >= 15 is 0 Å². The first-order valence-electron chi connectivity index (χ1n) is 4.65. The monoisotopic (exact) mass is 212 g/mol. The van der Waals surface area contributed by atoms with Gasteiger partial charge in [0, 0.05) is 6.04 Å². The Hall–Kier alpha value is -1.01. The SMILES string of the molecule is O=C(NC1CCNCC1)c1cnsn1. The maximum Gasteiger partial charge on any atom is 0.272 e. The summed E-state index contributed by atoms with van der Waals surface area (Å²) in [7, 11) is 0. The van der Waals surface area contributed by atoms with Crippen LogP contribution in [0.3, 0.4) is 0 Å². The summed E-state index contributed by atoms with van der Waals surface area (Å²) in [5.41, 5.74) is 0.425. The number of carbonyl (C=O) groups excluding carboxylic acids is 1. The molecule has 5 nitrogen and oxygen atoms in total. The molecule has 2 N–H and O–H groups in total. The highest BCUT2D eigenvalue weighted by Gasteiger charge is 2.17. The Balaban J connectivity index is 1.87. The molecule has 2 rings (SSSR count). The number of rotatable bonds is 2. The summed E-state index contributed by atoms with van der Waals surface area (Å²) in [6.07, 6.45) is 3.48. The van der Waals surface area contributed by atoms with Gasteiger partial charge in [0.15, 0.2) is 5.69 Å². The molecule has 2 heterocycles. The van der Waals surface area contributed by atoms with Gasteiger partial charge in [-0.05, 0) is 25.9 Å². The first-order valence-corrected chi connectivity index (χ1v) is 5.38. The summed E-state index contributed by atoms with van der Waals surface area (Å²) in [4.78, 5) is 11.5. The number of amides is 1. The first-order chi connectivity index (χ1) is 6.86. The molecule has 0 atom stereocenters. The molecule has 1 aromatic heterocycles. The van der Waals surface area contributed by atoms with Crippen molar-refractivity contribution in [2.45, 2.75) is 18.9 Å². The molecule has 0 unspecified atom stereocenters. The van der Waals surface area contributed by atoms with Crippen molar-refractivity contribution >= 4 is 17.6 Å². The van der Waals surface area contributed by atoms with E-state index in [1.54, 1.807) is 0 Å². The normalized spacial score (nSPS) is 18.0. The molecule has 1 aliphatic heterocycles. The molecule has 1 aliphatic rings. The van der Waals surface area contributed by atoms with Crippen molar-refractivity contribution in [3.63, 3.8) is 0 Å². The average Bonchev–Trinajstić information content (AvgIpc) is 2.72. The summed E-state index contributed by atoms with van der Waals surface area (Å²) in [6.45, 7) is 1.94. The van der Waals surface area contributed by atoms with Gasteiger partial charge in [-0.1, -0.05) is 0 Å². The number of piperidine rings is 1. The standard InChI is InChI=1S/C8H12N4OS/c13-8(7-5-10-14-12-7)11-6-1-3-9-4-2-6/h5-6,9H,1-4H2,(H,11,13). The minimum Gasteiger partial charge on any atom is -0.348 e. The summed E-state index contributed by atoms with van der Waals surface area (Å²) in [5.74, 6) is -0.106. The van der Waals surface area contributed by atoms with Crippen LogP contribution in [0.15, 0.2) is 6.20 Å². The lowest BCUT2D eigenvalue weighted by atomic mass is 10.1. The Kier molecular flexibility index (Phi) is 3.05. The number of hydrogen-bond donors (Lipinski definition) is 2. The molecule has 0 saturated carbocycles. The lowest BCUT2D eigenvalue weighted by Gasteiger charge is -2.23. The van der Waals surface area contributed by atoms with Crippen LogP contribution in [-0.2, 0) is 0 Å². The van der Waals surface area contributed by atoms with E-state index in [1.165, 1.54) is 6.20 Å². The maximum absolute atomic E-state index is 11.5. The van der Waals surface area contributed by atoms with Crippen LogP contribution < -0.4 is 10.6 Å². The molecule has 0 aliphatic carbocycles. The van der Waals surface area contributed by atoms with E-state index in [9.17, 15) is 4.79 Å². The molecule has 14 heavy (non-hydrogen) atoms. The average molecular weight is 212 g/mol. The highest BCUT2D eigenvalue weighted by Crippen LogP contribution is 2.03. The molecular weight excluding hydrogens is 200 g/mol. The zero-order chi connectivity index (χ0) is 9.80. The van der Waals surface area contributed by atoms with Gasteiger partial charge in [-0.15, -0.1) is 0 Å². The largest absolute Gasteiger partial charge is 0.348 e. The molecule has 76 valence electrons. The zero-order valence-corrected chi connectivity index (χ0v) is 8.51. The molecule has 0 aromatic carbocycles. The Labute approximate surface area is 86.2 Å². The van der Waals surface area contributed by atoms with Crippen molar-refractivity contribution in [2.24, 2.45) is 0 Å². The van der Waals surface area contributed by atoms with E-state index in [1.807, 2.05) is 0 Å². The predicted molar refractivity (Wildman–Crippen MR) is 53.3 cm³/mol. The number of carbonyl (C=O) groups is 1.